The van der Waals surface area contributed by atoms with Gasteiger partial charge in [0.1, 0.15) is 12.1 Å². The van der Waals surface area contributed by atoms with Crippen LogP contribution >= 0.6 is 0 Å². The fourth-order valence-electron chi connectivity index (χ4n) is 1.42. The summed E-state index contributed by atoms with van der Waals surface area (Å²) < 4.78 is 4.60. The Morgan fingerprint density at radius 2 is 1.94 bits per heavy atom. The van der Waals surface area contributed by atoms with Crippen molar-refractivity contribution in [2.45, 2.75) is 44.4 Å². The van der Waals surface area contributed by atoms with Crippen molar-refractivity contribution in [2.24, 2.45) is 11.5 Å². The summed E-state index contributed by atoms with van der Waals surface area (Å²) in [5.41, 5.74) is 10.9. The van der Waals surface area contributed by atoms with E-state index in [1.807, 2.05) is 0 Å². The van der Waals surface area contributed by atoms with Gasteiger partial charge in [-0.15, -0.1) is 0 Å². The van der Waals surface area contributed by atoms with Crippen LogP contribution in [0.3, 0.4) is 0 Å². The SMILES string of the molecule is CN[C@H](C(=O)OC(=O)[C@H](N)CCCCN)[C@@H](C)O. The van der Waals surface area contributed by atoms with Crippen molar-refractivity contribution in [3.05, 3.63) is 0 Å². The summed E-state index contributed by atoms with van der Waals surface area (Å²) >= 11 is 0. The van der Waals surface area contributed by atoms with Gasteiger partial charge in [0.15, 0.2) is 0 Å². The first kappa shape index (κ1) is 17.0. The van der Waals surface area contributed by atoms with Crippen molar-refractivity contribution < 1.29 is 19.4 Å². The molecule has 106 valence electrons. The summed E-state index contributed by atoms with van der Waals surface area (Å²) in [6.07, 6.45) is 0.931. The van der Waals surface area contributed by atoms with Crippen molar-refractivity contribution in [3.63, 3.8) is 0 Å². The zero-order chi connectivity index (χ0) is 14.1. The molecule has 0 radical (unpaired) electrons. The van der Waals surface area contributed by atoms with E-state index in [4.69, 9.17) is 11.5 Å². The van der Waals surface area contributed by atoms with Gasteiger partial charge in [0.2, 0.25) is 0 Å². The van der Waals surface area contributed by atoms with Crippen LogP contribution in [0.2, 0.25) is 0 Å². The molecule has 7 nitrogen and oxygen atoms in total. The Balaban J connectivity index is 4.17. The molecule has 6 N–H and O–H groups in total. The molecular weight excluding hydrogens is 238 g/mol. The van der Waals surface area contributed by atoms with Crippen molar-refractivity contribution in [1.82, 2.24) is 5.32 Å². The van der Waals surface area contributed by atoms with Crippen LogP contribution in [-0.4, -0.2) is 48.8 Å². The van der Waals surface area contributed by atoms with Crippen LogP contribution in [0.1, 0.15) is 26.2 Å². The Morgan fingerprint density at radius 3 is 2.39 bits per heavy atom. The molecule has 0 aliphatic rings. The molecule has 0 aromatic carbocycles. The summed E-state index contributed by atoms with van der Waals surface area (Å²) in [5.74, 6) is -1.61. The molecule has 18 heavy (non-hydrogen) atoms. The molecule has 0 unspecified atom stereocenters. The zero-order valence-corrected chi connectivity index (χ0v) is 10.9. The predicted molar refractivity (Wildman–Crippen MR) is 66.5 cm³/mol. The van der Waals surface area contributed by atoms with Crippen LogP contribution < -0.4 is 16.8 Å². The van der Waals surface area contributed by atoms with E-state index >= 15 is 0 Å². The van der Waals surface area contributed by atoms with E-state index < -0.39 is 30.1 Å². The number of hydrogen-bond donors (Lipinski definition) is 4. The first-order valence-electron chi connectivity index (χ1n) is 6.00. The maximum atomic E-state index is 11.5. The number of nitrogens with two attached hydrogens (primary N) is 2. The van der Waals surface area contributed by atoms with Crippen molar-refractivity contribution in [3.8, 4) is 0 Å². The second-order valence-electron chi connectivity index (χ2n) is 4.14. The fraction of sp³-hybridized carbons (Fsp3) is 0.818. The smallest absolute Gasteiger partial charge is 0.333 e. The summed E-state index contributed by atoms with van der Waals surface area (Å²) in [6.45, 7) is 1.96. The van der Waals surface area contributed by atoms with Gasteiger partial charge in [-0.1, -0.05) is 6.42 Å². The number of ether oxygens (including phenoxy) is 1. The maximum absolute atomic E-state index is 11.5. The molecule has 0 aromatic heterocycles. The average Bonchev–Trinajstić information content (AvgIpc) is 2.29. The second kappa shape index (κ2) is 8.98. The minimum Gasteiger partial charge on any atom is -0.391 e. The number of nitrogens with one attached hydrogen (secondary N) is 1. The molecule has 0 aliphatic heterocycles. The minimum atomic E-state index is -0.955. The lowest BCUT2D eigenvalue weighted by molar-refractivity contribution is -0.163. The van der Waals surface area contributed by atoms with Gasteiger partial charge < -0.3 is 26.6 Å². The second-order valence-corrected chi connectivity index (χ2v) is 4.14. The molecule has 0 saturated heterocycles. The van der Waals surface area contributed by atoms with Gasteiger partial charge in [-0.3, -0.25) is 0 Å². The van der Waals surface area contributed by atoms with E-state index in [1.165, 1.54) is 14.0 Å². The Labute approximate surface area is 107 Å². The summed E-state index contributed by atoms with van der Waals surface area (Å²) in [6, 6.07) is -1.78. The molecule has 0 rings (SSSR count). The van der Waals surface area contributed by atoms with Crippen molar-refractivity contribution in [1.29, 1.82) is 0 Å². The van der Waals surface area contributed by atoms with E-state index in [1.54, 1.807) is 0 Å². The van der Waals surface area contributed by atoms with Crippen LogP contribution in [0.4, 0.5) is 0 Å². The largest absolute Gasteiger partial charge is 0.391 e. The molecule has 0 aliphatic carbocycles. The van der Waals surface area contributed by atoms with Gasteiger partial charge in [-0.2, -0.15) is 0 Å². The summed E-state index contributed by atoms with van der Waals surface area (Å²) in [4.78, 5) is 23.0. The van der Waals surface area contributed by atoms with Gasteiger partial charge in [0.25, 0.3) is 0 Å². The maximum Gasteiger partial charge on any atom is 0.333 e. The highest BCUT2D eigenvalue weighted by Crippen LogP contribution is 2.02. The number of likely N-dealkylation sites (N-methyl/N-ethyl adjacent to an activating group) is 1. The zero-order valence-electron chi connectivity index (χ0n) is 10.9. The molecule has 0 amide bonds. The van der Waals surface area contributed by atoms with Gasteiger partial charge in [0.05, 0.1) is 6.10 Å². The minimum absolute atomic E-state index is 0.419. The van der Waals surface area contributed by atoms with Crippen LogP contribution in [0, 0.1) is 0 Å². The van der Waals surface area contributed by atoms with E-state index in [2.05, 4.69) is 10.1 Å². The van der Waals surface area contributed by atoms with Crippen molar-refractivity contribution in [2.75, 3.05) is 13.6 Å². The monoisotopic (exact) mass is 261 g/mol. The number of rotatable bonds is 8. The van der Waals surface area contributed by atoms with Crippen LogP contribution in [-0.2, 0) is 14.3 Å². The molecule has 0 fully saturated rings. The Bertz CT molecular complexity index is 271. The number of hydrogen-bond acceptors (Lipinski definition) is 7. The number of aliphatic hydroxyl groups excluding tert-OH is 1. The fourth-order valence-corrected chi connectivity index (χ4v) is 1.42. The average molecular weight is 261 g/mol. The first-order valence-corrected chi connectivity index (χ1v) is 6.00. The summed E-state index contributed by atoms with van der Waals surface area (Å²) in [7, 11) is 1.49. The highest BCUT2D eigenvalue weighted by atomic mass is 16.6. The highest BCUT2D eigenvalue weighted by molar-refractivity contribution is 5.91. The third kappa shape index (κ3) is 6.06. The third-order valence-electron chi connectivity index (χ3n) is 2.52. The van der Waals surface area contributed by atoms with E-state index in [0.29, 0.717) is 19.4 Å². The topological polar surface area (TPSA) is 128 Å². The van der Waals surface area contributed by atoms with Crippen molar-refractivity contribution >= 4 is 11.9 Å². The van der Waals surface area contributed by atoms with E-state index in [-0.39, 0.29) is 0 Å². The molecular formula is C11H23N3O4. The number of esters is 2. The van der Waals surface area contributed by atoms with Gasteiger partial charge in [-0.05, 0) is 33.4 Å². The quantitative estimate of drug-likeness (QED) is 0.237. The number of carbonyl (C=O) groups excluding carboxylic acids is 2. The lowest BCUT2D eigenvalue weighted by Gasteiger charge is -2.18. The van der Waals surface area contributed by atoms with E-state index in [0.717, 1.165) is 6.42 Å². The van der Waals surface area contributed by atoms with Gasteiger partial charge in [0, 0.05) is 0 Å². The number of unbranched alkanes of at least 4 members (excludes halogenated alkanes) is 1. The molecule has 7 heteroatoms. The van der Waals surface area contributed by atoms with Gasteiger partial charge >= 0.3 is 11.9 Å². The van der Waals surface area contributed by atoms with Crippen LogP contribution in [0.5, 0.6) is 0 Å². The number of carbonyl (C=O) groups is 2. The lowest BCUT2D eigenvalue weighted by Crippen LogP contribution is -2.46. The molecule has 0 heterocycles. The molecule has 3 atom stereocenters. The van der Waals surface area contributed by atoms with E-state index in [9.17, 15) is 14.7 Å². The number of aliphatic hydroxyl groups is 1. The van der Waals surface area contributed by atoms with Crippen LogP contribution in [0.25, 0.3) is 0 Å². The Kier molecular flexibility index (Phi) is 8.47. The standard InChI is InChI=1S/C11H23N3O4/c1-7(15)9(14-2)11(17)18-10(16)8(13)5-3-4-6-12/h7-9,14-15H,3-6,12-13H2,1-2H3/t7-,8-,9+/m1/s1. The highest BCUT2D eigenvalue weighted by Gasteiger charge is 2.27. The lowest BCUT2D eigenvalue weighted by atomic mass is 10.1. The Hall–Kier alpha value is -1.02. The van der Waals surface area contributed by atoms with Gasteiger partial charge in [-0.25, -0.2) is 9.59 Å². The Morgan fingerprint density at radius 1 is 1.33 bits per heavy atom. The normalized spacial score (nSPS) is 15.8. The summed E-state index contributed by atoms with van der Waals surface area (Å²) in [5, 5.41) is 11.9. The predicted octanol–water partition coefficient (Wildman–Crippen LogP) is -1.52. The first-order chi connectivity index (χ1) is 8.43. The third-order valence-corrected chi connectivity index (χ3v) is 2.52. The van der Waals surface area contributed by atoms with Crippen LogP contribution in [0.15, 0.2) is 0 Å². The molecule has 0 bridgehead atoms. The molecule has 0 saturated carbocycles. The molecule has 0 spiro atoms. The molecule has 0 aromatic rings.